The number of nitrogens with zero attached hydrogens (tertiary/aromatic N) is 3. The molecule has 0 aliphatic rings. The number of carbonyl (C=O) groups excluding carboxylic acids is 1. The Hall–Kier alpha value is -3.57. The van der Waals surface area contributed by atoms with Crippen molar-refractivity contribution in [2.24, 2.45) is 0 Å². The second-order valence-corrected chi connectivity index (χ2v) is 9.07. The van der Waals surface area contributed by atoms with Crippen molar-refractivity contribution in [3.63, 3.8) is 0 Å². The van der Waals surface area contributed by atoms with Crippen LogP contribution >= 0.6 is 11.6 Å². The number of nitrogens with one attached hydrogen (secondary N) is 1. The monoisotopic (exact) mass is 490 g/mol. The van der Waals surface area contributed by atoms with Gasteiger partial charge in [-0.3, -0.25) is 14.8 Å². The van der Waals surface area contributed by atoms with E-state index in [0.717, 1.165) is 11.3 Å². The van der Waals surface area contributed by atoms with Crippen molar-refractivity contribution < 1.29 is 23.1 Å². The summed E-state index contributed by atoms with van der Waals surface area (Å²) >= 11 is 6.14. The lowest BCUT2D eigenvalue weighted by Crippen LogP contribution is -2.30. The molecular weight excluding hydrogens is 472 g/mol. The van der Waals surface area contributed by atoms with Crippen LogP contribution in [0.25, 0.3) is 22.4 Å². The van der Waals surface area contributed by atoms with Crippen molar-refractivity contribution in [2.45, 2.75) is 24.7 Å². The van der Waals surface area contributed by atoms with Gasteiger partial charge in [0.1, 0.15) is 0 Å². The van der Waals surface area contributed by atoms with Crippen LogP contribution in [0.4, 0.5) is 0 Å². The van der Waals surface area contributed by atoms with Crippen LogP contribution in [0.15, 0.2) is 59.8 Å². The molecule has 33 heavy (non-hydrogen) atoms. The molecule has 0 unspecified atom stereocenters. The number of rotatable bonds is 9. The van der Waals surface area contributed by atoms with Gasteiger partial charge in [-0.15, -0.1) is 10.1 Å². The van der Waals surface area contributed by atoms with Crippen molar-refractivity contribution in [2.75, 3.05) is 6.61 Å². The molecule has 0 atom stereocenters. The normalized spacial score (nSPS) is 11.1. The Morgan fingerprint density at radius 2 is 1.82 bits per heavy atom. The third kappa shape index (κ3) is 6.46. The van der Waals surface area contributed by atoms with E-state index in [2.05, 4.69) is 14.8 Å². The minimum Gasteiger partial charge on any atom is -0.314 e. The topological polar surface area (TPSA) is 141 Å². The maximum Gasteiger partial charge on any atom is 0.294 e. The van der Waals surface area contributed by atoms with Crippen LogP contribution in [0.5, 0.6) is 0 Å². The largest absolute Gasteiger partial charge is 0.314 e. The molecule has 1 N–H and O–H groups in total. The molecule has 3 aromatic rings. The third-order valence-corrected chi connectivity index (χ3v) is 6.10. The standard InChI is InChI=1S/C21H19ClN4O6S/c1-14-4-5-16(12-23-14)21-19(11-17(22)13-24-21)15-6-8-18(9-7-15)33(30,31)25-20(27)3-2-10-32-26(28)29/h4-9,11-13H,2-3,10H2,1H3,(H,25,27). The summed E-state index contributed by atoms with van der Waals surface area (Å²) in [7, 11) is -4.11. The highest BCUT2D eigenvalue weighted by atomic mass is 35.5. The Kier molecular flexibility index (Phi) is 7.56. The van der Waals surface area contributed by atoms with Crippen LogP contribution < -0.4 is 4.72 Å². The molecule has 0 radical (unpaired) electrons. The van der Waals surface area contributed by atoms with E-state index >= 15 is 0 Å². The molecule has 10 nitrogen and oxygen atoms in total. The van der Waals surface area contributed by atoms with E-state index < -0.39 is 21.0 Å². The predicted molar refractivity (Wildman–Crippen MR) is 120 cm³/mol. The molecule has 0 bridgehead atoms. The molecule has 3 rings (SSSR count). The Bertz CT molecular complexity index is 1260. The van der Waals surface area contributed by atoms with Gasteiger partial charge in [-0.25, -0.2) is 13.1 Å². The quantitative estimate of drug-likeness (QED) is 0.272. The number of sulfonamides is 1. The summed E-state index contributed by atoms with van der Waals surface area (Å²) < 4.78 is 26.9. The predicted octanol–water partition coefficient (Wildman–Crippen LogP) is 3.57. The third-order valence-electron chi connectivity index (χ3n) is 4.51. The van der Waals surface area contributed by atoms with Crippen LogP contribution in [-0.2, 0) is 19.7 Å². The number of aromatic nitrogens is 2. The zero-order valence-electron chi connectivity index (χ0n) is 17.4. The molecule has 1 aromatic carbocycles. The molecule has 0 spiro atoms. The van der Waals surface area contributed by atoms with Gasteiger partial charge in [-0.1, -0.05) is 23.7 Å². The van der Waals surface area contributed by atoms with Crippen LogP contribution in [0.3, 0.4) is 0 Å². The Balaban J connectivity index is 1.79. The average Bonchev–Trinajstić information content (AvgIpc) is 2.77. The molecule has 0 saturated heterocycles. The number of benzene rings is 1. The summed E-state index contributed by atoms with van der Waals surface area (Å²) in [5.74, 6) is -0.792. The first-order chi connectivity index (χ1) is 15.7. The fourth-order valence-electron chi connectivity index (χ4n) is 2.94. The SMILES string of the molecule is Cc1ccc(-c2ncc(Cl)cc2-c2ccc(S(=O)(=O)NC(=O)CCCO[N+](=O)[O-])cc2)cn1. The smallest absolute Gasteiger partial charge is 0.294 e. The maximum atomic E-state index is 12.5. The molecular formula is C21H19ClN4O6S. The lowest BCUT2D eigenvalue weighted by molar-refractivity contribution is -0.757. The van der Waals surface area contributed by atoms with Crippen molar-refractivity contribution in [1.82, 2.24) is 14.7 Å². The first kappa shape index (κ1) is 24.1. The highest BCUT2D eigenvalue weighted by Gasteiger charge is 2.18. The van der Waals surface area contributed by atoms with E-state index in [0.29, 0.717) is 21.8 Å². The molecule has 2 heterocycles. The summed E-state index contributed by atoms with van der Waals surface area (Å²) in [6.45, 7) is 1.57. The average molecular weight is 491 g/mol. The minimum absolute atomic E-state index is 0.000315. The lowest BCUT2D eigenvalue weighted by Gasteiger charge is -2.11. The van der Waals surface area contributed by atoms with Crippen molar-refractivity contribution in [3.05, 3.63) is 75.7 Å². The van der Waals surface area contributed by atoms with Gasteiger partial charge in [0.2, 0.25) is 5.91 Å². The number of hydrogen-bond acceptors (Lipinski definition) is 8. The Labute approximate surface area is 194 Å². The van der Waals surface area contributed by atoms with Gasteiger partial charge in [0.15, 0.2) is 0 Å². The Morgan fingerprint density at radius 1 is 1.12 bits per heavy atom. The van der Waals surface area contributed by atoms with Gasteiger partial charge in [0.25, 0.3) is 15.1 Å². The molecule has 0 saturated carbocycles. The van der Waals surface area contributed by atoms with Gasteiger partial charge < -0.3 is 4.84 Å². The first-order valence-electron chi connectivity index (χ1n) is 9.68. The lowest BCUT2D eigenvalue weighted by atomic mass is 10.0. The van der Waals surface area contributed by atoms with E-state index in [1.165, 1.54) is 18.3 Å². The number of halogens is 1. The highest BCUT2D eigenvalue weighted by molar-refractivity contribution is 7.90. The van der Waals surface area contributed by atoms with Crippen LogP contribution in [0, 0.1) is 17.0 Å². The second-order valence-electron chi connectivity index (χ2n) is 6.95. The minimum atomic E-state index is -4.11. The zero-order chi connectivity index (χ0) is 24.0. The molecule has 172 valence electrons. The summed E-state index contributed by atoms with van der Waals surface area (Å²) in [6, 6.07) is 11.4. The van der Waals surface area contributed by atoms with Crippen molar-refractivity contribution in [3.8, 4) is 22.4 Å². The van der Waals surface area contributed by atoms with Crippen molar-refractivity contribution in [1.29, 1.82) is 0 Å². The maximum absolute atomic E-state index is 12.5. The van der Waals surface area contributed by atoms with Gasteiger partial charge >= 0.3 is 0 Å². The van der Waals surface area contributed by atoms with Crippen LogP contribution in [0.1, 0.15) is 18.5 Å². The summed E-state index contributed by atoms with van der Waals surface area (Å²) in [4.78, 5) is 34.7. The number of pyridine rings is 2. The Morgan fingerprint density at radius 3 is 2.45 bits per heavy atom. The summed E-state index contributed by atoms with van der Waals surface area (Å²) in [5, 5.41) is 9.53. The van der Waals surface area contributed by atoms with Crippen molar-refractivity contribution >= 4 is 27.5 Å². The number of carbonyl (C=O) groups is 1. The zero-order valence-corrected chi connectivity index (χ0v) is 19.0. The fraction of sp³-hybridized carbons (Fsp3) is 0.190. The van der Waals surface area contributed by atoms with E-state index in [-0.39, 0.29) is 24.3 Å². The molecule has 1 amide bonds. The summed E-state index contributed by atoms with van der Waals surface area (Å²) in [6.07, 6.45) is 2.97. The molecule has 0 aliphatic heterocycles. The first-order valence-corrected chi connectivity index (χ1v) is 11.5. The number of aryl methyl sites for hydroxylation is 1. The molecule has 0 aliphatic carbocycles. The summed E-state index contributed by atoms with van der Waals surface area (Å²) in [5.41, 5.74) is 3.62. The van der Waals surface area contributed by atoms with E-state index in [1.807, 2.05) is 23.8 Å². The van der Waals surface area contributed by atoms with Gasteiger partial charge in [-0.05, 0) is 49.2 Å². The number of hydrogen-bond donors (Lipinski definition) is 1. The highest BCUT2D eigenvalue weighted by Crippen LogP contribution is 2.32. The van der Waals surface area contributed by atoms with E-state index in [4.69, 9.17) is 11.6 Å². The fourth-order valence-corrected chi connectivity index (χ4v) is 4.11. The second kappa shape index (κ2) is 10.4. The van der Waals surface area contributed by atoms with Crippen LogP contribution in [0.2, 0.25) is 5.02 Å². The van der Waals surface area contributed by atoms with Crippen LogP contribution in [-0.4, -0.2) is 36.0 Å². The van der Waals surface area contributed by atoms with Gasteiger partial charge in [-0.2, -0.15) is 0 Å². The van der Waals surface area contributed by atoms with E-state index in [1.54, 1.807) is 24.4 Å². The molecule has 2 aromatic heterocycles. The molecule has 12 heteroatoms. The van der Waals surface area contributed by atoms with E-state index in [9.17, 15) is 23.3 Å². The number of amides is 1. The molecule has 0 fully saturated rings. The van der Waals surface area contributed by atoms with Gasteiger partial charge in [0.05, 0.1) is 22.2 Å². The van der Waals surface area contributed by atoms with Gasteiger partial charge in [0, 0.05) is 35.6 Å².